The van der Waals surface area contributed by atoms with Crippen LogP contribution in [0.25, 0.3) is 0 Å². The van der Waals surface area contributed by atoms with Gasteiger partial charge in [0.1, 0.15) is 16.5 Å². The van der Waals surface area contributed by atoms with Gasteiger partial charge in [0.15, 0.2) is 0 Å². The van der Waals surface area contributed by atoms with E-state index in [0.29, 0.717) is 11.8 Å². The van der Waals surface area contributed by atoms with Gasteiger partial charge in [0.05, 0.1) is 0 Å². The number of hydrogen-bond acceptors (Lipinski definition) is 2. The number of benzene rings is 2. The monoisotopic (exact) mass is 309 g/mol. The fourth-order valence-electron chi connectivity index (χ4n) is 2.53. The second-order valence-corrected chi connectivity index (χ2v) is 6.67. The fourth-order valence-corrected chi connectivity index (χ4v) is 3.67. The van der Waals surface area contributed by atoms with Gasteiger partial charge in [-0.2, -0.15) is 0 Å². The van der Waals surface area contributed by atoms with E-state index < -0.39 is 26.6 Å². The molecule has 0 unspecified atom stereocenters. The Kier molecular flexibility index (Phi) is 3.41. The second-order valence-electron chi connectivity index (χ2n) is 5.02. The predicted octanol–water partition coefficient (Wildman–Crippen LogP) is 3.25. The van der Waals surface area contributed by atoms with Gasteiger partial charge in [-0.25, -0.2) is 17.2 Å². The van der Waals surface area contributed by atoms with Crippen molar-refractivity contribution >= 4 is 15.7 Å². The van der Waals surface area contributed by atoms with Gasteiger partial charge in [-0.05, 0) is 60.7 Å². The molecule has 0 saturated carbocycles. The summed E-state index contributed by atoms with van der Waals surface area (Å²) in [5.74, 6) is -1.78. The summed E-state index contributed by atoms with van der Waals surface area (Å²) in [5.41, 5.74) is 2.66. The highest BCUT2D eigenvalue weighted by molar-refractivity contribution is 7.92. The Hall–Kier alpha value is -1.95. The third kappa shape index (κ3) is 2.76. The average molecular weight is 309 g/mol. The van der Waals surface area contributed by atoms with Crippen LogP contribution in [-0.4, -0.2) is 8.42 Å². The Morgan fingerprint density at radius 2 is 1.71 bits per heavy atom. The Bertz CT molecular complexity index is 803. The third-order valence-corrected chi connectivity index (χ3v) is 4.93. The lowest BCUT2D eigenvalue weighted by Crippen LogP contribution is -2.15. The van der Waals surface area contributed by atoms with Crippen molar-refractivity contribution in [2.24, 2.45) is 0 Å². The molecule has 0 amide bonds. The summed E-state index contributed by atoms with van der Waals surface area (Å²) < 4.78 is 53.4. The number of nitrogens with one attached hydrogen (secondary N) is 1. The number of sulfonamides is 1. The fraction of sp³-hybridized carbons (Fsp3) is 0.200. The maximum absolute atomic E-state index is 13.6. The van der Waals surface area contributed by atoms with E-state index in [1.807, 2.05) is 6.07 Å². The zero-order valence-electron chi connectivity index (χ0n) is 11.1. The molecular weight excluding hydrogens is 296 g/mol. The van der Waals surface area contributed by atoms with E-state index >= 15 is 0 Å². The molecule has 0 radical (unpaired) electrons. The van der Waals surface area contributed by atoms with Crippen LogP contribution < -0.4 is 4.72 Å². The SMILES string of the molecule is O=S(=O)(Nc1ccc2c(c1)CCC2)c1cc(F)ccc1F. The van der Waals surface area contributed by atoms with Crippen LogP contribution in [0.4, 0.5) is 14.5 Å². The maximum Gasteiger partial charge on any atom is 0.264 e. The number of aryl methyl sites for hydroxylation is 2. The number of hydrogen-bond donors (Lipinski definition) is 1. The highest BCUT2D eigenvalue weighted by Gasteiger charge is 2.21. The van der Waals surface area contributed by atoms with Crippen molar-refractivity contribution in [3.8, 4) is 0 Å². The predicted molar refractivity (Wildman–Crippen MR) is 75.6 cm³/mol. The van der Waals surface area contributed by atoms with Crippen LogP contribution in [0.5, 0.6) is 0 Å². The first-order valence-electron chi connectivity index (χ1n) is 6.55. The van der Waals surface area contributed by atoms with E-state index in [1.54, 1.807) is 12.1 Å². The molecule has 0 heterocycles. The number of anilines is 1. The van der Waals surface area contributed by atoms with E-state index in [0.717, 1.165) is 37.0 Å². The van der Waals surface area contributed by atoms with Gasteiger partial charge >= 0.3 is 0 Å². The highest BCUT2D eigenvalue weighted by atomic mass is 32.2. The minimum absolute atomic E-state index is 0.360. The molecule has 0 fully saturated rings. The molecule has 0 aliphatic heterocycles. The van der Waals surface area contributed by atoms with E-state index in [-0.39, 0.29) is 0 Å². The molecule has 2 aromatic carbocycles. The summed E-state index contributed by atoms with van der Waals surface area (Å²) in [7, 11) is -4.15. The molecule has 1 aliphatic rings. The Morgan fingerprint density at radius 1 is 0.952 bits per heavy atom. The molecule has 1 N–H and O–H groups in total. The van der Waals surface area contributed by atoms with Crippen molar-refractivity contribution in [1.29, 1.82) is 0 Å². The Balaban J connectivity index is 1.94. The van der Waals surface area contributed by atoms with Gasteiger partial charge in [0, 0.05) is 5.69 Å². The normalized spacial score (nSPS) is 14.0. The van der Waals surface area contributed by atoms with Crippen LogP contribution in [0.2, 0.25) is 0 Å². The van der Waals surface area contributed by atoms with Crippen LogP contribution in [0.1, 0.15) is 17.5 Å². The third-order valence-electron chi connectivity index (χ3n) is 3.53. The molecule has 0 bridgehead atoms. The topological polar surface area (TPSA) is 46.2 Å². The molecule has 2 aromatic rings. The van der Waals surface area contributed by atoms with Crippen molar-refractivity contribution < 1.29 is 17.2 Å². The Labute approximate surface area is 121 Å². The second kappa shape index (κ2) is 5.11. The standard InChI is InChI=1S/C15H13F2NO2S/c16-12-5-7-14(17)15(9-12)21(19,20)18-13-6-4-10-2-1-3-11(10)8-13/h4-9,18H,1-3H2. The minimum atomic E-state index is -4.15. The largest absolute Gasteiger partial charge is 0.280 e. The molecular formula is C15H13F2NO2S. The van der Waals surface area contributed by atoms with E-state index in [4.69, 9.17) is 0 Å². The first kappa shape index (κ1) is 14.0. The van der Waals surface area contributed by atoms with Crippen molar-refractivity contribution in [3.05, 3.63) is 59.2 Å². The molecule has 6 heteroatoms. The molecule has 0 saturated heterocycles. The van der Waals surface area contributed by atoms with Gasteiger partial charge in [0.2, 0.25) is 0 Å². The summed E-state index contributed by atoms with van der Waals surface area (Å²) in [6, 6.07) is 7.60. The molecule has 21 heavy (non-hydrogen) atoms. The lowest BCUT2D eigenvalue weighted by atomic mass is 10.1. The summed E-state index contributed by atoms with van der Waals surface area (Å²) in [6.45, 7) is 0. The minimum Gasteiger partial charge on any atom is -0.280 e. The van der Waals surface area contributed by atoms with E-state index in [1.165, 1.54) is 5.56 Å². The first-order valence-corrected chi connectivity index (χ1v) is 8.04. The maximum atomic E-state index is 13.6. The summed E-state index contributed by atoms with van der Waals surface area (Å²) in [6.07, 6.45) is 2.93. The van der Waals surface area contributed by atoms with Crippen LogP contribution in [-0.2, 0) is 22.9 Å². The summed E-state index contributed by atoms with van der Waals surface area (Å²) >= 11 is 0. The average Bonchev–Trinajstić information content (AvgIpc) is 2.88. The van der Waals surface area contributed by atoms with Gasteiger partial charge in [-0.3, -0.25) is 4.72 Å². The molecule has 110 valence electrons. The molecule has 0 atom stereocenters. The van der Waals surface area contributed by atoms with Crippen molar-refractivity contribution in [3.63, 3.8) is 0 Å². The van der Waals surface area contributed by atoms with Crippen molar-refractivity contribution in [1.82, 2.24) is 0 Å². The lowest BCUT2D eigenvalue weighted by molar-refractivity contribution is 0.555. The lowest BCUT2D eigenvalue weighted by Gasteiger charge is -2.10. The molecule has 3 rings (SSSR count). The smallest absolute Gasteiger partial charge is 0.264 e. The van der Waals surface area contributed by atoms with E-state index in [2.05, 4.69) is 4.72 Å². The van der Waals surface area contributed by atoms with E-state index in [9.17, 15) is 17.2 Å². The molecule has 0 spiro atoms. The van der Waals surface area contributed by atoms with Gasteiger partial charge in [0.25, 0.3) is 10.0 Å². The summed E-state index contributed by atoms with van der Waals surface area (Å²) in [4.78, 5) is -0.692. The molecule has 1 aliphatic carbocycles. The molecule has 0 aromatic heterocycles. The molecule has 3 nitrogen and oxygen atoms in total. The van der Waals surface area contributed by atoms with Crippen LogP contribution in [0.15, 0.2) is 41.3 Å². The number of fused-ring (bicyclic) bond motifs is 1. The number of halogens is 2. The van der Waals surface area contributed by atoms with Gasteiger partial charge in [-0.15, -0.1) is 0 Å². The Morgan fingerprint density at radius 3 is 2.52 bits per heavy atom. The van der Waals surface area contributed by atoms with Crippen molar-refractivity contribution in [2.45, 2.75) is 24.2 Å². The van der Waals surface area contributed by atoms with Gasteiger partial charge in [-0.1, -0.05) is 6.07 Å². The van der Waals surface area contributed by atoms with Crippen LogP contribution >= 0.6 is 0 Å². The summed E-state index contributed by atoms with van der Waals surface area (Å²) in [5, 5.41) is 0. The first-order chi connectivity index (χ1) is 9.95. The highest BCUT2D eigenvalue weighted by Crippen LogP contribution is 2.26. The van der Waals surface area contributed by atoms with Crippen molar-refractivity contribution in [2.75, 3.05) is 4.72 Å². The van der Waals surface area contributed by atoms with Gasteiger partial charge < -0.3 is 0 Å². The number of rotatable bonds is 3. The zero-order valence-corrected chi connectivity index (χ0v) is 11.9. The quantitative estimate of drug-likeness (QED) is 0.946. The zero-order chi connectivity index (χ0) is 15.0. The van der Waals surface area contributed by atoms with Crippen LogP contribution in [0.3, 0.4) is 0 Å². The van der Waals surface area contributed by atoms with Crippen LogP contribution in [0, 0.1) is 11.6 Å².